The first-order valence-corrected chi connectivity index (χ1v) is 9.82. The normalized spacial score (nSPS) is 20.6. The van der Waals surface area contributed by atoms with E-state index >= 15 is 0 Å². The molecule has 1 aromatic rings. The van der Waals surface area contributed by atoms with Crippen molar-refractivity contribution in [3.63, 3.8) is 0 Å². The maximum atomic E-state index is 12.2. The molecule has 2 rings (SSSR count). The van der Waals surface area contributed by atoms with Crippen LogP contribution in [0.5, 0.6) is 0 Å². The molecule has 0 aliphatic heterocycles. The maximum Gasteiger partial charge on any atom is 0.306 e. The Kier molecular flexibility index (Phi) is 6.06. The van der Waals surface area contributed by atoms with Crippen molar-refractivity contribution in [3.05, 3.63) is 42.0 Å². The van der Waals surface area contributed by atoms with Gasteiger partial charge in [0.1, 0.15) is 5.60 Å². The number of carbonyl (C=O) groups excluding carboxylic acids is 1. The fraction of sp³-hybridized carbons (Fsp3) is 0.526. The van der Waals surface area contributed by atoms with E-state index in [-0.39, 0.29) is 29.3 Å². The van der Waals surface area contributed by atoms with E-state index in [2.05, 4.69) is 0 Å². The van der Waals surface area contributed by atoms with E-state index in [1.807, 2.05) is 39.8 Å². The lowest BCUT2D eigenvalue weighted by atomic mass is 10.0. The monoisotopic (exact) mass is 366 g/mol. The number of benzene rings is 1. The van der Waals surface area contributed by atoms with Crippen LogP contribution in [0.1, 0.15) is 39.2 Å². The van der Waals surface area contributed by atoms with Crippen molar-refractivity contribution in [1.82, 2.24) is 0 Å². The summed E-state index contributed by atoms with van der Waals surface area (Å²) < 4.78 is 34.9. The lowest BCUT2D eigenvalue weighted by Gasteiger charge is -2.20. The highest BCUT2D eigenvalue weighted by molar-refractivity contribution is 7.86. The van der Waals surface area contributed by atoms with Crippen molar-refractivity contribution >= 4 is 16.1 Å². The highest BCUT2D eigenvalue weighted by atomic mass is 32.2. The van der Waals surface area contributed by atoms with Crippen LogP contribution in [0, 0.1) is 18.8 Å². The van der Waals surface area contributed by atoms with Gasteiger partial charge in [-0.2, -0.15) is 8.42 Å². The number of ether oxygens (including phenoxy) is 1. The summed E-state index contributed by atoms with van der Waals surface area (Å²) in [6, 6.07) is 6.56. The van der Waals surface area contributed by atoms with Crippen molar-refractivity contribution in [1.29, 1.82) is 0 Å². The van der Waals surface area contributed by atoms with Gasteiger partial charge in [-0.05, 0) is 52.2 Å². The second-order valence-corrected chi connectivity index (χ2v) is 9.10. The Morgan fingerprint density at radius 3 is 2.32 bits per heavy atom. The van der Waals surface area contributed by atoms with Crippen LogP contribution >= 0.6 is 0 Å². The fourth-order valence-electron chi connectivity index (χ4n) is 2.68. The molecule has 0 saturated heterocycles. The molecule has 0 N–H and O–H groups in total. The Bertz CT molecular complexity index is 726. The van der Waals surface area contributed by atoms with Crippen molar-refractivity contribution in [2.75, 3.05) is 6.61 Å². The molecule has 0 bridgehead atoms. The van der Waals surface area contributed by atoms with Crippen LogP contribution in [0.4, 0.5) is 0 Å². The van der Waals surface area contributed by atoms with Crippen molar-refractivity contribution in [2.24, 2.45) is 11.8 Å². The van der Waals surface area contributed by atoms with Gasteiger partial charge in [0.05, 0.1) is 17.9 Å². The van der Waals surface area contributed by atoms with E-state index in [4.69, 9.17) is 8.92 Å². The van der Waals surface area contributed by atoms with Crippen LogP contribution in [0.2, 0.25) is 0 Å². The van der Waals surface area contributed by atoms with Gasteiger partial charge in [-0.3, -0.25) is 8.98 Å². The minimum atomic E-state index is -3.75. The average Bonchev–Trinajstić information content (AvgIpc) is 2.91. The van der Waals surface area contributed by atoms with Gasteiger partial charge < -0.3 is 4.74 Å². The average molecular weight is 366 g/mol. The second-order valence-electron chi connectivity index (χ2n) is 7.48. The lowest BCUT2D eigenvalue weighted by Crippen LogP contribution is -2.25. The first-order valence-electron chi connectivity index (χ1n) is 8.41. The molecule has 0 fully saturated rings. The molecule has 1 aromatic carbocycles. The summed E-state index contributed by atoms with van der Waals surface area (Å²) in [5, 5.41) is 0. The number of allylic oxidation sites excluding steroid dienone is 1. The highest BCUT2D eigenvalue weighted by Crippen LogP contribution is 2.28. The highest BCUT2D eigenvalue weighted by Gasteiger charge is 2.26. The first-order chi connectivity index (χ1) is 11.5. The van der Waals surface area contributed by atoms with Crippen LogP contribution in [0.3, 0.4) is 0 Å². The summed E-state index contributed by atoms with van der Waals surface area (Å²) in [4.78, 5) is 12.0. The molecular weight excluding hydrogens is 340 g/mol. The molecule has 0 heterocycles. The van der Waals surface area contributed by atoms with Crippen LogP contribution in [0.15, 0.2) is 41.3 Å². The summed E-state index contributed by atoms with van der Waals surface area (Å²) in [6.45, 7) is 7.48. The SMILES string of the molecule is Cc1ccc(S(=O)(=O)OCC2C=C[C@@H](CC(=O)OC(C)(C)C)C2)cc1. The number of rotatable bonds is 6. The zero-order chi connectivity index (χ0) is 18.7. The van der Waals surface area contributed by atoms with E-state index in [0.717, 1.165) is 5.56 Å². The molecule has 0 amide bonds. The third kappa shape index (κ3) is 6.29. The van der Waals surface area contributed by atoms with E-state index in [9.17, 15) is 13.2 Å². The molecule has 1 aliphatic rings. The number of hydrogen-bond donors (Lipinski definition) is 0. The second kappa shape index (κ2) is 7.70. The summed E-state index contributed by atoms with van der Waals surface area (Å²) in [6.07, 6.45) is 4.84. The van der Waals surface area contributed by atoms with Gasteiger partial charge in [-0.15, -0.1) is 0 Å². The molecule has 0 saturated carbocycles. The van der Waals surface area contributed by atoms with Gasteiger partial charge in [-0.1, -0.05) is 29.8 Å². The van der Waals surface area contributed by atoms with E-state index in [1.165, 1.54) is 0 Å². The van der Waals surface area contributed by atoms with Gasteiger partial charge in [0.25, 0.3) is 10.1 Å². The van der Waals surface area contributed by atoms with Gasteiger partial charge in [0.15, 0.2) is 0 Å². The number of aryl methyl sites for hydroxylation is 1. The molecule has 0 aromatic heterocycles. The zero-order valence-corrected chi connectivity index (χ0v) is 16.0. The predicted molar refractivity (Wildman–Crippen MR) is 95.5 cm³/mol. The van der Waals surface area contributed by atoms with Crippen molar-refractivity contribution < 1.29 is 22.1 Å². The van der Waals surface area contributed by atoms with Crippen LogP contribution in [-0.4, -0.2) is 26.6 Å². The summed E-state index contributed by atoms with van der Waals surface area (Å²) >= 11 is 0. The van der Waals surface area contributed by atoms with E-state index in [0.29, 0.717) is 12.8 Å². The number of hydrogen-bond acceptors (Lipinski definition) is 5. The molecule has 138 valence electrons. The van der Waals surface area contributed by atoms with Gasteiger partial charge in [0, 0.05) is 5.92 Å². The molecule has 2 atom stereocenters. The third-order valence-corrected chi connectivity index (χ3v) is 5.15. The Morgan fingerprint density at radius 1 is 1.12 bits per heavy atom. The molecule has 5 nitrogen and oxygen atoms in total. The molecule has 1 aliphatic carbocycles. The molecular formula is C19H26O5S. The lowest BCUT2D eigenvalue weighted by molar-refractivity contribution is -0.155. The summed E-state index contributed by atoms with van der Waals surface area (Å²) in [7, 11) is -3.75. The van der Waals surface area contributed by atoms with Crippen molar-refractivity contribution in [3.8, 4) is 0 Å². The molecule has 0 radical (unpaired) electrons. The largest absolute Gasteiger partial charge is 0.460 e. The first kappa shape index (κ1) is 19.7. The zero-order valence-electron chi connectivity index (χ0n) is 15.2. The van der Waals surface area contributed by atoms with Crippen LogP contribution in [0.25, 0.3) is 0 Å². The van der Waals surface area contributed by atoms with Gasteiger partial charge >= 0.3 is 5.97 Å². The Labute approximate surface area is 150 Å². The maximum absolute atomic E-state index is 12.2. The van der Waals surface area contributed by atoms with Crippen molar-refractivity contribution in [2.45, 2.75) is 51.0 Å². The predicted octanol–water partition coefficient (Wildman–Crippen LogP) is 3.62. The smallest absolute Gasteiger partial charge is 0.306 e. The Balaban J connectivity index is 1.82. The Morgan fingerprint density at radius 2 is 1.72 bits per heavy atom. The number of carbonyl (C=O) groups is 1. The minimum Gasteiger partial charge on any atom is -0.460 e. The molecule has 1 unspecified atom stereocenters. The Hall–Kier alpha value is -1.66. The van der Waals surface area contributed by atoms with Gasteiger partial charge in [0.2, 0.25) is 0 Å². The topological polar surface area (TPSA) is 69.7 Å². The minimum absolute atomic E-state index is 0.0207. The standard InChI is InChI=1S/C19H26O5S/c1-14-5-9-17(10-6-14)25(21,22)23-13-16-8-7-15(11-16)12-18(20)24-19(2,3)4/h5-10,15-16H,11-13H2,1-4H3/t15-,16?/m1/s1. The molecule has 6 heteroatoms. The summed E-state index contributed by atoms with van der Waals surface area (Å²) in [5.74, 6) is -0.200. The third-order valence-electron chi connectivity index (χ3n) is 3.86. The van der Waals surface area contributed by atoms with Crippen LogP contribution in [-0.2, 0) is 23.8 Å². The quantitative estimate of drug-likeness (QED) is 0.437. The van der Waals surface area contributed by atoms with E-state index < -0.39 is 15.7 Å². The fourth-order valence-corrected chi connectivity index (χ4v) is 3.64. The van der Waals surface area contributed by atoms with Crippen LogP contribution < -0.4 is 0 Å². The number of esters is 1. The van der Waals surface area contributed by atoms with E-state index in [1.54, 1.807) is 24.3 Å². The van der Waals surface area contributed by atoms with Gasteiger partial charge in [-0.25, -0.2) is 0 Å². The molecule has 25 heavy (non-hydrogen) atoms. The summed E-state index contributed by atoms with van der Waals surface area (Å²) in [5.41, 5.74) is 0.493. The molecule has 0 spiro atoms.